The smallest absolute Gasteiger partial charge is 0.333 e. The first-order valence-corrected chi connectivity index (χ1v) is 9.22. The Hall–Kier alpha value is -2.34. The van der Waals surface area contributed by atoms with E-state index in [0.717, 1.165) is 27.5 Å². The molecule has 0 spiro atoms. The summed E-state index contributed by atoms with van der Waals surface area (Å²) < 4.78 is 0. The summed E-state index contributed by atoms with van der Waals surface area (Å²) in [6.45, 7) is 6.55. The summed E-state index contributed by atoms with van der Waals surface area (Å²) in [5, 5.41) is 0.459. The van der Waals surface area contributed by atoms with Gasteiger partial charge in [0.2, 0.25) is 0 Å². The fourth-order valence-electron chi connectivity index (χ4n) is 3.85. The molecule has 1 saturated heterocycles. The lowest BCUT2D eigenvalue weighted by atomic mass is 9.80. The van der Waals surface area contributed by atoms with Crippen LogP contribution in [0.3, 0.4) is 0 Å². The Kier molecular flexibility index (Phi) is 4.58. The number of anilines is 1. The Bertz CT molecular complexity index is 865. The Morgan fingerprint density at radius 2 is 1.63 bits per heavy atom. The van der Waals surface area contributed by atoms with Gasteiger partial charge in [0.05, 0.1) is 0 Å². The van der Waals surface area contributed by atoms with E-state index in [2.05, 4.69) is 25.7 Å². The molecule has 6 nitrogen and oxygen atoms in total. The summed E-state index contributed by atoms with van der Waals surface area (Å²) in [4.78, 5) is 40.8. The second-order valence-corrected chi connectivity index (χ2v) is 8.39. The number of hydrogen-bond acceptors (Lipinski definition) is 4. The molecule has 1 atom stereocenters. The lowest BCUT2D eigenvalue weighted by Gasteiger charge is -2.45. The average molecular weight is 390 g/mol. The number of amides is 4. The van der Waals surface area contributed by atoms with Gasteiger partial charge in [0, 0.05) is 37.4 Å². The first-order valence-electron chi connectivity index (χ1n) is 8.84. The molecule has 144 valence electrons. The van der Waals surface area contributed by atoms with E-state index in [1.54, 1.807) is 0 Å². The maximum absolute atomic E-state index is 12.4. The van der Waals surface area contributed by atoms with Crippen LogP contribution < -0.4 is 4.90 Å². The predicted molar refractivity (Wildman–Crippen MR) is 106 cm³/mol. The zero-order chi connectivity index (χ0) is 20.3. The molecule has 0 unspecified atom stereocenters. The molecule has 27 heavy (non-hydrogen) atoms. The summed E-state index contributed by atoms with van der Waals surface area (Å²) in [6.07, 6.45) is 2.46. The fraction of sp³-hybridized carbons (Fsp3) is 0.450. The quantitative estimate of drug-likeness (QED) is 0.545. The van der Waals surface area contributed by atoms with E-state index in [0.29, 0.717) is 16.5 Å². The molecule has 1 fully saturated rings. The second-order valence-electron chi connectivity index (χ2n) is 7.98. The van der Waals surface area contributed by atoms with Gasteiger partial charge in [-0.3, -0.25) is 19.4 Å². The third-order valence-corrected chi connectivity index (χ3v) is 6.02. The molecule has 2 heterocycles. The Morgan fingerprint density at radius 1 is 1.07 bits per heavy atom. The van der Waals surface area contributed by atoms with E-state index < -0.39 is 17.8 Å². The molecule has 2 aliphatic rings. The number of urea groups is 1. The van der Waals surface area contributed by atoms with E-state index in [9.17, 15) is 14.4 Å². The zero-order valence-corrected chi connectivity index (χ0v) is 17.2. The number of rotatable bonds is 1. The summed E-state index contributed by atoms with van der Waals surface area (Å²) in [7, 11) is 4.76. The van der Waals surface area contributed by atoms with Gasteiger partial charge in [-0.15, -0.1) is 0 Å². The normalized spacial score (nSPS) is 22.3. The minimum Gasteiger partial charge on any atom is -0.369 e. The van der Waals surface area contributed by atoms with Crippen LogP contribution in [0.4, 0.5) is 10.5 Å². The molecule has 3 rings (SSSR count). The number of benzene rings is 1. The average Bonchev–Trinajstić information content (AvgIpc) is 2.60. The van der Waals surface area contributed by atoms with E-state index in [4.69, 9.17) is 11.6 Å². The van der Waals surface area contributed by atoms with E-state index in [-0.39, 0.29) is 11.1 Å². The topological polar surface area (TPSA) is 60.9 Å². The summed E-state index contributed by atoms with van der Waals surface area (Å²) in [5.41, 5.74) is 2.72. The van der Waals surface area contributed by atoms with Gasteiger partial charge < -0.3 is 4.90 Å². The number of carbonyl (C=O) groups excluding carboxylic acids is 3. The van der Waals surface area contributed by atoms with Gasteiger partial charge in [0.1, 0.15) is 5.57 Å². The highest BCUT2D eigenvalue weighted by atomic mass is 35.5. The van der Waals surface area contributed by atoms with Crippen molar-refractivity contribution in [1.82, 2.24) is 9.80 Å². The highest BCUT2D eigenvalue weighted by molar-refractivity contribution is 6.34. The number of barbiturate groups is 1. The maximum Gasteiger partial charge on any atom is 0.333 e. The number of hydrogen-bond donors (Lipinski definition) is 0. The number of likely N-dealkylation sites (N-methyl/N-ethyl adjacent to an activating group) is 2. The van der Waals surface area contributed by atoms with Crippen molar-refractivity contribution in [2.24, 2.45) is 0 Å². The molecule has 0 aromatic heterocycles. The van der Waals surface area contributed by atoms with Crippen molar-refractivity contribution in [3.63, 3.8) is 0 Å². The molecule has 1 aromatic rings. The van der Waals surface area contributed by atoms with Gasteiger partial charge in [0.25, 0.3) is 11.8 Å². The Morgan fingerprint density at radius 3 is 2.19 bits per heavy atom. The summed E-state index contributed by atoms with van der Waals surface area (Å²) in [6, 6.07) is 3.19. The number of carbonyl (C=O) groups is 3. The zero-order valence-electron chi connectivity index (χ0n) is 16.5. The van der Waals surface area contributed by atoms with Crippen LogP contribution in [0, 0.1) is 0 Å². The van der Waals surface area contributed by atoms with Crippen LogP contribution >= 0.6 is 11.6 Å². The molecular weight excluding hydrogens is 366 g/mol. The first kappa shape index (κ1) is 19.4. The number of halogens is 1. The third-order valence-electron chi connectivity index (χ3n) is 5.70. The van der Waals surface area contributed by atoms with Crippen LogP contribution in [0.2, 0.25) is 5.02 Å². The van der Waals surface area contributed by atoms with Crippen molar-refractivity contribution >= 4 is 41.2 Å². The van der Waals surface area contributed by atoms with Crippen molar-refractivity contribution in [2.75, 3.05) is 26.0 Å². The summed E-state index contributed by atoms with van der Waals surface area (Å²) in [5.74, 6) is -0.934. The maximum atomic E-state index is 12.4. The minimum atomic E-state index is -0.642. The van der Waals surface area contributed by atoms with Crippen molar-refractivity contribution < 1.29 is 14.4 Å². The standard InChI is InChI=1S/C20H24ClN3O3/c1-11-10-20(2,3)24(6)16-9-15(21)12(7-13(11)16)8-14-17(25)22(4)19(27)23(5)18(14)26/h7-9,11H,10H2,1-6H3/t11-/m1/s1. The van der Waals surface area contributed by atoms with Gasteiger partial charge in [-0.1, -0.05) is 18.5 Å². The molecule has 0 radical (unpaired) electrons. The van der Waals surface area contributed by atoms with Crippen LogP contribution in [0.1, 0.15) is 44.2 Å². The monoisotopic (exact) mass is 389 g/mol. The van der Waals surface area contributed by atoms with Gasteiger partial charge in [-0.2, -0.15) is 0 Å². The largest absolute Gasteiger partial charge is 0.369 e. The van der Waals surface area contributed by atoms with Crippen LogP contribution in [0.5, 0.6) is 0 Å². The van der Waals surface area contributed by atoms with Crippen LogP contribution in [-0.4, -0.2) is 54.3 Å². The van der Waals surface area contributed by atoms with Crippen molar-refractivity contribution in [2.45, 2.75) is 38.6 Å². The molecule has 0 bridgehead atoms. The van der Waals surface area contributed by atoms with Crippen LogP contribution in [0.15, 0.2) is 17.7 Å². The number of nitrogens with zero attached hydrogens (tertiary/aromatic N) is 3. The SMILES string of the molecule is C[C@@H]1CC(C)(C)N(C)c2cc(Cl)c(C=C3C(=O)N(C)C(=O)N(C)C3=O)cc21. The van der Waals surface area contributed by atoms with Crippen molar-refractivity contribution in [3.05, 3.63) is 33.9 Å². The van der Waals surface area contributed by atoms with Crippen molar-refractivity contribution in [3.8, 4) is 0 Å². The molecule has 0 aliphatic carbocycles. The predicted octanol–water partition coefficient (Wildman–Crippen LogP) is 3.50. The molecule has 1 aromatic carbocycles. The molecule has 4 amide bonds. The van der Waals surface area contributed by atoms with Crippen LogP contribution in [-0.2, 0) is 9.59 Å². The van der Waals surface area contributed by atoms with Gasteiger partial charge in [-0.05, 0) is 55.5 Å². The van der Waals surface area contributed by atoms with E-state index in [1.165, 1.54) is 20.2 Å². The van der Waals surface area contributed by atoms with Gasteiger partial charge >= 0.3 is 6.03 Å². The summed E-state index contributed by atoms with van der Waals surface area (Å²) >= 11 is 6.50. The number of fused-ring (bicyclic) bond motifs is 1. The Balaban J connectivity index is 2.10. The molecule has 2 aliphatic heterocycles. The van der Waals surface area contributed by atoms with Crippen LogP contribution in [0.25, 0.3) is 6.08 Å². The van der Waals surface area contributed by atoms with E-state index >= 15 is 0 Å². The minimum absolute atomic E-state index is 0.0107. The third kappa shape index (κ3) is 3.02. The molecular formula is C20H24ClN3O3. The lowest BCUT2D eigenvalue weighted by molar-refractivity contribution is -0.134. The fourth-order valence-corrected chi connectivity index (χ4v) is 4.06. The molecule has 0 saturated carbocycles. The van der Waals surface area contributed by atoms with E-state index in [1.807, 2.05) is 19.2 Å². The highest BCUT2D eigenvalue weighted by Crippen LogP contribution is 2.44. The Labute approximate surface area is 164 Å². The molecule has 7 heteroatoms. The van der Waals surface area contributed by atoms with Gasteiger partial charge in [-0.25, -0.2) is 4.79 Å². The first-order chi connectivity index (χ1) is 12.5. The number of imide groups is 2. The van der Waals surface area contributed by atoms with Crippen molar-refractivity contribution in [1.29, 1.82) is 0 Å². The van der Waals surface area contributed by atoms with Gasteiger partial charge in [0.15, 0.2) is 0 Å². The highest BCUT2D eigenvalue weighted by Gasteiger charge is 2.38. The molecule has 0 N–H and O–H groups in total. The second kappa shape index (κ2) is 6.37. The lowest BCUT2D eigenvalue weighted by Crippen LogP contribution is -2.52.